The molecule has 3 nitrogen and oxygen atoms in total. The Kier molecular flexibility index (Phi) is 7.72. The van der Waals surface area contributed by atoms with Crippen LogP contribution in [0.4, 0.5) is 0 Å². The van der Waals surface area contributed by atoms with Crippen molar-refractivity contribution in [3.63, 3.8) is 0 Å². The molecular formula is C7H15NO2S. The third-order valence-electron chi connectivity index (χ3n) is 1.10. The number of carbonyl (C=O) groups excluding carboxylic acids is 1. The van der Waals surface area contributed by atoms with E-state index in [1.165, 1.54) is 0 Å². The van der Waals surface area contributed by atoms with Crippen LogP contribution in [0.1, 0.15) is 13.3 Å². The molecule has 66 valence electrons. The first-order valence-electron chi connectivity index (χ1n) is 3.78. The summed E-state index contributed by atoms with van der Waals surface area (Å²) in [6.45, 7) is 3.78. The number of carbonyl (C=O) groups is 1. The third kappa shape index (κ3) is 7.68. The largest absolute Gasteiger partial charge is 0.466 e. The molecule has 0 spiro atoms. The van der Waals surface area contributed by atoms with Gasteiger partial charge in [-0.25, -0.2) is 0 Å². The summed E-state index contributed by atoms with van der Waals surface area (Å²) in [4.78, 5) is 10.7. The van der Waals surface area contributed by atoms with Crippen molar-refractivity contribution in [1.82, 2.24) is 5.32 Å². The molecule has 0 unspecified atom stereocenters. The fourth-order valence-electron chi connectivity index (χ4n) is 0.628. The van der Waals surface area contributed by atoms with E-state index in [4.69, 9.17) is 4.74 Å². The summed E-state index contributed by atoms with van der Waals surface area (Å²) in [5.74, 6) is 0.655. The number of esters is 1. The standard InChI is InChI=1S/C7H15NO2S/c1-2-10-7(9)3-4-8-5-6-11/h8,11H,2-6H2,1H3. The number of hydrogen-bond donors (Lipinski definition) is 2. The fourth-order valence-corrected chi connectivity index (χ4v) is 0.786. The van der Waals surface area contributed by atoms with Gasteiger partial charge in [-0.1, -0.05) is 0 Å². The van der Waals surface area contributed by atoms with Crippen molar-refractivity contribution in [2.75, 3.05) is 25.4 Å². The van der Waals surface area contributed by atoms with Gasteiger partial charge < -0.3 is 10.1 Å². The van der Waals surface area contributed by atoms with Crippen LogP contribution in [0.15, 0.2) is 0 Å². The van der Waals surface area contributed by atoms with Crippen LogP contribution in [0, 0.1) is 0 Å². The zero-order valence-corrected chi connectivity index (χ0v) is 7.69. The van der Waals surface area contributed by atoms with E-state index >= 15 is 0 Å². The minimum atomic E-state index is -0.140. The summed E-state index contributed by atoms with van der Waals surface area (Å²) in [5, 5.41) is 3.05. The van der Waals surface area contributed by atoms with Crippen LogP contribution in [0.2, 0.25) is 0 Å². The summed E-state index contributed by atoms with van der Waals surface area (Å²) in [6.07, 6.45) is 0.446. The second kappa shape index (κ2) is 7.88. The van der Waals surface area contributed by atoms with E-state index < -0.39 is 0 Å². The highest BCUT2D eigenvalue weighted by Crippen LogP contribution is 1.83. The first-order valence-corrected chi connectivity index (χ1v) is 4.41. The van der Waals surface area contributed by atoms with Crippen LogP contribution in [0.3, 0.4) is 0 Å². The highest BCUT2D eigenvalue weighted by molar-refractivity contribution is 7.80. The van der Waals surface area contributed by atoms with Gasteiger partial charge in [0.2, 0.25) is 0 Å². The highest BCUT2D eigenvalue weighted by Gasteiger charge is 1.98. The molecule has 0 heterocycles. The predicted octanol–water partition coefficient (Wildman–Crippen LogP) is 0.459. The van der Waals surface area contributed by atoms with Gasteiger partial charge in [0.15, 0.2) is 0 Å². The van der Waals surface area contributed by atoms with Crippen molar-refractivity contribution in [1.29, 1.82) is 0 Å². The van der Waals surface area contributed by atoms with Crippen LogP contribution in [-0.2, 0) is 9.53 Å². The lowest BCUT2D eigenvalue weighted by atomic mass is 10.4. The maximum absolute atomic E-state index is 10.7. The normalized spacial score (nSPS) is 9.64. The molecule has 0 radical (unpaired) electrons. The molecule has 11 heavy (non-hydrogen) atoms. The molecule has 0 saturated heterocycles. The Balaban J connectivity index is 3.04. The van der Waals surface area contributed by atoms with Crippen molar-refractivity contribution in [2.24, 2.45) is 0 Å². The molecule has 4 heteroatoms. The van der Waals surface area contributed by atoms with Crippen molar-refractivity contribution in [2.45, 2.75) is 13.3 Å². The molecule has 0 bridgehead atoms. The maximum atomic E-state index is 10.7. The molecule has 0 saturated carbocycles. The van der Waals surface area contributed by atoms with Crippen LogP contribution in [0.25, 0.3) is 0 Å². The predicted molar refractivity (Wildman–Crippen MR) is 48.0 cm³/mol. The lowest BCUT2D eigenvalue weighted by Crippen LogP contribution is -2.21. The number of rotatable bonds is 6. The summed E-state index contributed by atoms with van der Waals surface area (Å²) in [6, 6.07) is 0. The van der Waals surface area contributed by atoms with Crippen molar-refractivity contribution in [3.8, 4) is 0 Å². The Morgan fingerprint density at radius 2 is 2.27 bits per heavy atom. The van der Waals surface area contributed by atoms with Crippen molar-refractivity contribution < 1.29 is 9.53 Å². The summed E-state index contributed by atoms with van der Waals surface area (Å²) in [7, 11) is 0. The Labute approximate surface area is 72.9 Å². The lowest BCUT2D eigenvalue weighted by molar-refractivity contribution is -0.142. The zero-order chi connectivity index (χ0) is 8.53. The minimum Gasteiger partial charge on any atom is -0.466 e. The quantitative estimate of drug-likeness (QED) is 0.352. The number of thiol groups is 1. The van der Waals surface area contributed by atoms with Crippen molar-refractivity contribution in [3.05, 3.63) is 0 Å². The van der Waals surface area contributed by atoms with Gasteiger partial charge in [0.1, 0.15) is 0 Å². The summed E-state index contributed by atoms with van der Waals surface area (Å²) < 4.78 is 4.72. The average molecular weight is 177 g/mol. The van der Waals surface area contributed by atoms with Gasteiger partial charge in [0, 0.05) is 18.8 Å². The van der Waals surface area contributed by atoms with Crippen LogP contribution in [0.5, 0.6) is 0 Å². The van der Waals surface area contributed by atoms with Gasteiger partial charge in [0.25, 0.3) is 0 Å². The second-order valence-corrected chi connectivity index (χ2v) is 2.48. The van der Waals surface area contributed by atoms with Crippen LogP contribution >= 0.6 is 12.6 Å². The molecule has 1 N–H and O–H groups in total. The number of ether oxygens (including phenoxy) is 1. The zero-order valence-electron chi connectivity index (χ0n) is 6.80. The number of hydrogen-bond acceptors (Lipinski definition) is 4. The summed E-state index contributed by atoms with van der Waals surface area (Å²) in [5.41, 5.74) is 0. The SMILES string of the molecule is CCOC(=O)CCNCCS. The smallest absolute Gasteiger partial charge is 0.307 e. The average Bonchev–Trinajstić information content (AvgIpc) is 1.99. The third-order valence-corrected chi connectivity index (χ3v) is 1.32. The minimum absolute atomic E-state index is 0.140. The van der Waals surface area contributed by atoms with E-state index in [0.29, 0.717) is 19.6 Å². The first-order chi connectivity index (χ1) is 5.31. The molecule has 0 aliphatic rings. The van der Waals surface area contributed by atoms with Gasteiger partial charge >= 0.3 is 5.97 Å². The van der Waals surface area contributed by atoms with E-state index in [9.17, 15) is 4.79 Å². The van der Waals surface area contributed by atoms with Gasteiger partial charge in [-0.05, 0) is 6.92 Å². The molecule has 0 aromatic carbocycles. The molecule has 0 aliphatic heterocycles. The molecule has 0 aliphatic carbocycles. The maximum Gasteiger partial charge on any atom is 0.307 e. The second-order valence-electron chi connectivity index (χ2n) is 2.03. The fraction of sp³-hybridized carbons (Fsp3) is 0.857. The van der Waals surface area contributed by atoms with Gasteiger partial charge in [-0.15, -0.1) is 0 Å². The van der Waals surface area contributed by atoms with E-state index in [1.807, 2.05) is 0 Å². The highest BCUT2D eigenvalue weighted by atomic mass is 32.1. The Hall–Kier alpha value is -0.220. The van der Waals surface area contributed by atoms with Crippen molar-refractivity contribution >= 4 is 18.6 Å². The molecule has 0 aromatic heterocycles. The van der Waals surface area contributed by atoms with Crippen LogP contribution < -0.4 is 5.32 Å². The lowest BCUT2D eigenvalue weighted by Gasteiger charge is -2.01. The van der Waals surface area contributed by atoms with Crippen LogP contribution in [-0.4, -0.2) is 31.4 Å². The molecule has 0 aromatic rings. The van der Waals surface area contributed by atoms with Gasteiger partial charge in [0.05, 0.1) is 13.0 Å². The number of nitrogens with one attached hydrogen (secondary N) is 1. The topological polar surface area (TPSA) is 38.3 Å². The van der Waals surface area contributed by atoms with E-state index in [0.717, 1.165) is 12.3 Å². The van der Waals surface area contributed by atoms with E-state index in [-0.39, 0.29) is 5.97 Å². The van der Waals surface area contributed by atoms with E-state index in [1.54, 1.807) is 6.92 Å². The van der Waals surface area contributed by atoms with Gasteiger partial charge in [-0.2, -0.15) is 12.6 Å². The Morgan fingerprint density at radius 1 is 1.55 bits per heavy atom. The molecule has 0 rings (SSSR count). The Bertz CT molecular complexity index is 109. The first kappa shape index (κ1) is 10.8. The van der Waals surface area contributed by atoms with Gasteiger partial charge in [-0.3, -0.25) is 4.79 Å². The molecular weight excluding hydrogens is 162 g/mol. The summed E-state index contributed by atoms with van der Waals surface area (Å²) >= 11 is 4.01. The molecule has 0 amide bonds. The molecule has 0 fully saturated rings. The molecule has 0 atom stereocenters. The Morgan fingerprint density at radius 3 is 2.82 bits per heavy atom. The van der Waals surface area contributed by atoms with E-state index in [2.05, 4.69) is 17.9 Å². The monoisotopic (exact) mass is 177 g/mol.